The van der Waals surface area contributed by atoms with Crippen molar-refractivity contribution in [2.75, 3.05) is 6.54 Å². The molecule has 0 radical (unpaired) electrons. The number of amides is 1. The van der Waals surface area contributed by atoms with Crippen molar-refractivity contribution in [2.24, 2.45) is 0 Å². The minimum atomic E-state index is -0.0728. The number of halogens is 1. The van der Waals surface area contributed by atoms with E-state index in [1.807, 2.05) is 31.2 Å². The maximum atomic E-state index is 12.6. The van der Waals surface area contributed by atoms with Gasteiger partial charge in [-0.1, -0.05) is 17.7 Å². The van der Waals surface area contributed by atoms with Gasteiger partial charge < -0.3 is 10.6 Å². The molecule has 1 aliphatic heterocycles. The molecule has 6 heteroatoms. The first-order valence-electron chi connectivity index (χ1n) is 7.91. The standard InChI is InChI=1S/C17H21ClN4O/c1-11-16(7-4-8-19-11)21-17(23)15-10-20-22(12(15)2)14-6-3-5-13(18)9-14/h3,5-6,9-11,16,19H,4,7-8H2,1-2H3,(H,21,23). The lowest BCUT2D eigenvalue weighted by Gasteiger charge is -2.30. The van der Waals surface area contributed by atoms with Crippen LogP contribution in [-0.2, 0) is 0 Å². The largest absolute Gasteiger partial charge is 0.348 e. The van der Waals surface area contributed by atoms with Gasteiger partial charge in [-0.2, -0.15) is 5.10 Å². The van der Waals surface area contributed by atoms with Gasteiger partial charge in [-0.3, -0.25) is 4.79 Å². The highest BCUT2D eigenvalue weighted by molar-refractivity contribution is 6.30. The average Bonchev–Trinajstić information content (AvgIpc) is 2.91. The van der Waals surface area contributed by atoms with Crippen molar-refractivity contribution in [1.29, 1.82) is 0 Å². The van der Waals surface area contributed by atoms with E-state index < -0.39 is 0 Å². The Morgan fingerprint density at radius 2 is 2.30 bits per heavy atom. The number of rotatable bonds is 3. The molecule has 2 aromatic rings. The topological polar surface area (TPSA) is 59.0 Å². The number of piperidine rings is 1. The molecule has 2 N–H and O–H groups in total. The molecular weight excluding hydrogens is 312 g/mol. The maximum Gasteiger partial charge on any atom is 0.255 e. The molecule has 1 aromatic carbocycles. The lowest BCUT2D eigenvalue weighted by molar-refractivity contribution is 0.0919. The second kappa shape index (κ2) is 6.72. The van der Waals surface area contributed by atoms with Crippen molar-refractivity contribution < 1.29 is 4.79 Å². The molecule has 0 bridgehead atoms. The van der Waals surface area contributed by atoms with Gasteiger partial charge in [0.2, 0.25) is 0 Å². The summed E-state index contributed by atoms with van der Waals surface area (Å²) in [5.74, 6) is -0.0728. The molecule has 1 fully saturated rings. The third-order valence-electron chi connectivity index (χ3n) is 4.39. The van der Waals surface area contributed by atoms with Gasteiger partial charge in [0.05, 0.1) is 23.1 Å². The van der Waals surface area contributed by atoms with E-state index in [4.69, 9.17) is 11.6 Å². The molecule has 2 unspecified atom stereocenters. The van der Waals surface area contributed by atoms with Crippen molar-refractivity contribution in [1.82, 2.24) is 20.4 Å². The first-order valence-corrected chi connectivity index (χ1v) is 8.29. The van der Waals surface area contributed by atoms with Crippen molar-refractivity contribution in [2.45, 2.75) is 38.8 Å². The fourth-order valence-corrected chi connectivity index (χ4v) is 3.17. The molecule has 0 spiro atoms. The summed E-state index contributed by atoms with van der Waals surface area (Å²) in [6.07, 6.45) is 3.70. The number of benzene rings is 1. The molecule has 122 valence electrons. The van der Waals surface area contributed by atoms with Crippen LogP contribution in [0.1, 0.15) is 35.8 Å². The lowest BCUT2D eigenvalue weighted by Crippen LogP contribution is -2.51. The first-order chi connectivity index (χ1) is 11.1. The number of carbonyl (C=O) groups excluding carboxylic acids is 1. The Morgan fingerprint density at radius 3 is 3.04 bits per heavy atom. The van der Waals surface area contributed by atoms with Gasteiger partial charge in [-0.15, -0.1) is 0 Å². The van der Waals surface area contributed by atoms with Crippen molar-refractivity contribution >= 4 is 17.5 Å². The average molecular weight is 333 g/mol. The van der Waals surface area contributed by atoms with E-state index in [1.165, 1.54) is 0 Å². The highest BCUT2D eigenvalue weighted by Crippen LogP contribution is 2.18. The second-order valence-corrected chi connectivity index (χ2v) is 6.44. The van der Waals surface area contributed by atoms with Gasteiger partial charge in [0.25, 0.3) is 5.91 Å². The number of nitrogens with zero attached hydrogens (tertiary/aromatic N) is 2. The molecule has 3 rings (SSSR count). The van der Waals surface area contributed by atoms with Crippen LogP contribution in [0.15, 0.2) is 30.5 Å². The summed E-state index contributed by atoms with van der Waals surface area (Å²) in [6.45, 7) is 5.01. The number of hydrogen-bond acceptors (Lipinski definition) is 3. The van der Waals surface area contributed by atoms with Crippen LogP contribution in [0, 0.1) is 6.92 Å². The predicted octanol–water partition coefficient (Wildman–Crippen LogP) is 2.70. The Balaban J connectivity index is 1.80. The molecule has 1 aromatic heterocycles. The molecule has 2 atom stereocenters. The van der Waals surface area contributed by atoms with Gasteiger partial charge >= 0.3 is 0 Å². The maximum absolute atomic E-state index is 12.6. The van der Waals surface area contributed by atoms with Crippen LogP contribution in [0.4, 0.5) is 0 Å². The van der Waals surface area contributed by atoms with E-state index in [0.717, 1.165) is 30.8 Å². The van der Waals surface area contributed by atoms with Gasteiger partial charge in [-0.25, -0.2) is 4.68 Å². The zero-order chi connectivity index (χ0) is 16.4. The quantitative estimate of drug-likeness (QED) is 0.908. The Morgan fingerprint density at radius 1 is 1.48 bits per heavy atom. The Labute approximate surface area is 141 Å². The normalized spacial score (nSPS) is 21.2. The zero-order valence-electron chi connectivity index (χ0n) is 13.3. The number of nitrogens with one attached hydrogen (secondary N) is 2. The molecular formula is C17H21ClN4O. The summed E-state index contributed by atoms with van der Waals surface area (Å²) in [5, 5.41) is 11.5. The lowest BCUT2D eigenvalue weighted by atomic mass is 9.99. The van der Waals surface area contributed by atoms with Crippen LogP contribution in [0.25, 0.3) is 5.69 Å². The first kappa shape index (κ1) is 16.0. The van der Waals surface area contributed by atoms with E-state index in [9.17, 15) is 4.79 Å². The van der Waals surface area contributed by atoms with Gasteiger partial charge in [-0.05, 0) is 51.4 Å². The number of aromatic nitrogens is 2. The van der Waals surface area contributed by atoms with Crippen LogP contribution in [0.3, 0.4) is 0 Å². The molecule has 1 amide bonds. The Hall–Kier alpha value is -1.85. The molecule has 2 heterocycles. The third kappa shape index (κ3) is 3.41. The summed E-state index contributed by atoms with van der Waals surface area (Å²) >= 11 is 6.03. The molecule has 5 nitrogen and oxygen atoms in total. The van der Waals surface area contributed by atoms with E-state index in [1.54, 1.807) is 10.9 Å². The molecule has 23 heavy (non-hydrogen) atoms. The molecule has 0 aliphatic carbocycles. The fourth-order valence-electron chi connectivity index (χ4n) is 2.99. The van der Waals surface area contributed by atoms with Gasteiger partial charge in [0, 0.05) is 17.1 Å². The van der Waals surface area contributed by atoms with Crippen LogP contribution in [0.5, 0.6) is 0 Å². The molecule has 0 saturated carbocycles. The summed E-state index contributed by atoms with van der Waals surface area (Å²) in [4.78, 5) is 12.6. The second-order valence-electron chi connectivity index (χ2n) is 6.00. The van der Waals surface area contributed by atoms with Crippen LogP contribution < -0.4 is 10.6 Å². The smallest absolute Gasteiger partial charge is 0.255 e. The van der Waals surface area contributed by atoms with Crippen molar-refractivity contribution in [3.63, 3.8) is 0 Å². The van der Waals surface area contributed by atoms with Crippen LogP contribution in [-0.4, -0.2) is 34.3 Å². The van der Waals surface area contributed by atoms with Crippen LogP contribution >= 0.6 is 11.6 Å². The third-order valence-corrected chi connectivity index (χ3v) is 4.62. The van der Waals surface area contributed by atoms with E-state index in [0.29, 0.717) is 10.6 Å². The highest BCUT2D eigenvalue weighted by atomic mass is 35.5. The highest BCUT2D eigenvalue weighted by Gasteiger charge is 2.24. The molecule has 1 saturated heterocycles. The zero-order valence-corrected chi connectivity index (χ0v) is 14.1. The van der Waals surface area contributed by atoms with Crippen molar-refractivity contribution in [3.05, 3.63) is 46.7 Å². The number of hydrogen-bond donors (Lipinski definition) is 2. The monoisotopic (exact) mass is 332 g/mol. The Kier molecular flexibility index (Phi) is 4.68. The van der Waals surface area contributed by atoms with E-state index >= 15 is 0 Å². The van der Waals surface area contributed by atoms with Crippen LogP contribution in [0.2, 0.25) is 5.02 Å². The van der Waals surface area contributed by atoms with Gasteiger partial charge in [0.15, 0.2) is 0 Å². The van der Waals surface area contributed by atoms with E-state index in [2.05, 4.69) is 22.7 Å². The summed E-state index contributed by atoms with van der Waals surface area (Å²) in [7, 11) is 0. The van der Waals surface area contributed by atoms with Crippen molar-refractivity contribution in [3.8, 4) is 5.69 Å². The Bertz CT molecular complexity index is 712. The summed E-state index contributed by atoms with van der Waals surface area (Å²) in [5.41, 5.74) is 2.26. The fraction of sp³-hybridized carbons (Fsp3) is 0.412. The summed E-state index contributed by atoms with van der Waals surface area (Å²) < 4.78 is 1.74. The van der Waals surface area contributed by atoms with Gasteiger partial charge in [0.1, 0.15) is 0 Å². The minimum absolute atomic E-state index is 0.0728. The molecule has 1 aliphatic rings. The van der Waals surface area contributed by atoms with E-state index in [-0.39, 0.29) is 18.0 Å². The summed E-state index contributed by atoms with van der Waals surface area (Å²) in [6, 6.07) is 7.88. The SMILES string of the molecule is Cc1c(C(=O)NC2CCCNC2C)cnn1-c1cccc(Cl)c1. The number of carbonyl (C=O) groups is 1. The minimum Gasteiger partial charge on any atom is -0.348 e. The predicted molar refractivity (Wildman–Crippen MR) is 91.3 cm³/mol.